The van der Waals surface area contributed by atoms with Gasteiger partial charge in [-0.2, -0.15) is 0 Å². The zero-order valence-corrected chi connectivity index (χ0v) is 9.54. The van der Waals surface area contributed by atoms with Crippen molar-refractivity contribution in [2.75, 3.05) is 27.2 Å². The number of likely N-dealkylation sites (N-methyl/N-ethyl adjacent to an activating group) is 1. The Morgan fingerprint density at radius 1 is 1.67 bits per heavy atom. The SMILES string of the molecule is CC#CCNC(=O)[C@@H]1C[C@H](OC)CN1C. The molecule has 1 saturated heterocycles. The Hall–Kier alpha value is -1.05. The van der Waals surface area contributed by atoms with Crippen LogP contribution in [-0.4, -0.2) is 50.2 Å². The minimum atomic E-state index is -0.0754. The van der Waals surface area contributed by atoms with E-state index < -0.39 is 0 Å². The smallest absolute Gasteiger partial charge is 0.238 e. The number of amides is 1. The summed E-state index contributed by atoms with van der Waals surface area (Å²) in [4.78, 5) is 13.7. The number of nitrogens with one attached hydrogen (secondary N) is 1. The first kappa shape index (κ1) is 12.0. The highest BCUT2D eigenvalue weighted by atomic mass is 16.5. The summed E-state index contributed by atoms with van der Waals surface area (Å²) in [6.45, 7) is 3.00. The maximum Gasteiger partial charge on any atom is 0.238 e. The van der Waals surface area contributed by atoms with Crippen LogP contribution in [0.15, 0.2) is 0 Å². The fourth-order valence-electron chi connectivity index (χ4n) is 1.77. The normalized spacial score (nSPS) is 25.8. The molecule has 1 aliphatic rings. The van der Waals surface area contributed by atoms with Crippen molar-refractivity contribution in [3.05, 3.63) is 0 Å². The third-order valence-corrected chi connectivity index (χ3v) is 2.67. The van der Waals surface area contributed by atoms with Gasteiger partial charge in [-0.3, -0.25) is 9.69 Å². The van der Waals surface area contributed by atoms with E-state index in [0.717, 1.165) is 13.0 Å². The molecule has 0 saturated carbocycles. The lowest BCUT2D eigenvalue weighted by Gasteiger charge is -2.17. The zero-order valence-electron chi connectivity index (χ0n) is 9.54. The molecular weight excluding hydrogens is 192 g/mol. The molecule has 1 amide bonds. The highest BCUT2D eigenvalue weighted by Gasteiger charge is 2.34. The summed E-state index contributed by atoms with van der Waals surface area (Å²) < 4.78 is 5.24. The van der Waals surface area contributed by atoms with Gasteiger partial charge in [0.05, 0.1) is 18.7 Å². The lowest BCUT2D eigenvalue weighted by molar-refractivity contribution is -0.124. The van der Waals surface area contributed by atoms with Gasteiger partial charge < -0.3 is 10.1 Å². The van der Waals surface area contributed by atoms with E-state index in [9.17, 15) is 4.79 Å². The Morgan fingerprint density at radius 2 is 2.40 bits per heavy atom. The summed E-state index contributed by atoms with van der Waals surface area (Å²) in [5.74, 6) is 5.59. The van der Waals surface area contributed by atoms with Crippen LogP contribution in [0.2, 0.25) is 0 Å². The van der Waals surface area contributed by atoms with Crippen LogP contribution in [0.1, 0.15) is 13.3 Å². The minimum Gasteiger partial charge on any atom is -0.380 e. The van der Waals surface area contributed by atoms with E-state index in [1.165, 1.54) is 0 Å². The molecule has 0 bridgehead atoms. The highest BCUT2D eigenvalue weighted by molar-refractivity contribution is 5.82. The van der Waals surface area contributed by atoms with E-state index in [-0.39, 0.29) is 18.1 Å². The molecule has 84 valence electrons. The molecule has 1 aliphatic heterocycles. The summed E-state index contributed by atoms with van der Waals surface area (Å²) in [6, 6.07) is -0.0754. The summed E-state index contributed by atoms with van der Waals surface area (Å²) in [5.41, 5.74) is 0. The Labute approximate surface area is 91.0 Å². The number of carbonyl (C=O) groups is 1. The van der Waals surface area contributed by atoms with E-state index in [2.05, 4.69) is 17.2 Å². The van der Waals surface area contributed by atoms with E-state index in [0.29, 0.717) is 6.54 Å². The van der Waals surface area contributed by atoms with Gasteiger partial charge in [0.1, 0.15) is 0 Å². The van der Waals surface area contributed by atoms with Gasteiger partial charge in [0.15, 0.2) is 0 Å². The van der Waals surface area contributed by atoms with Crippen LogP contribution in [0.3, 0.4) is 0 Å². The van der Waals surface area contributed by atoms with Crippen LogP contribution in [0, 0.1) is 11.8 Å². The molecule has 0 unspecified atom stereocenters. The number of nitrogens with zero attached hydrogens (tertiary/aromatic N) is 1. The van der Waals surface area contributed by atoms with E-state index in [1.54, 1.807) is 14.0 Å². The average Bonchev–Trinajstić information content (AvgIpc) is 2.60. The van der Waals surface area contributed by atoms with Gasteiger partial charge in [0.25, 0.3) is 0 Å². The Kier molecular flexibility index (Phi) is 4.60. The van der Waals surface area contributed by atoms with E-state index in [4.69, 9.17) is 4.74 Å². The standard InChI is InChI=1S/C11H18N2O2/c1-4-5-6-12-11(14)10-7-9(15-3)8-13(10)2/h9-10H,6-8H2,1-3H3,(H,12,14)/t9-,10-/m0/s1. The number of rotatable bonds is 3. The van der Waals surface area contributed by atoms with Crippen LogP contribution in [0.5, 0.6) is 0 Å². The van der Waals surface area contributed by atoms with Crippen molar-refractivity contribution in [1.82, 2.24) is 10.2 Å². The monoisotopic (exact) mass is 210 g/mol. The van der Waals surface area contributed by atoms with Crippen molar-refractivity contribution < 1.29 is 9.53 Å². The second-order valence-electron chi connectivity index (χ2n) is 3.69. The van der Waals surface area contributed by atoms with Gasteiger partial charge in [-0.1, -0.05) is 5.92 Å². The van der Waals surface area contributed by atoms with Crippen molar-refractivity contribution in [3.8, 4) is 11.8 Å². The number of carbonyl (C=O) groups excluding carboxylic acids is 1. The third-order valence-electron chi connectivity index (χ3n) is 2.67. The fourth-order valence-corrected chi connectivity index (χ4v) is 1.77. The Balaban J connectivity index is 2.41. The minimum absolute atomic E-state index is 0.0415. The highest BCUT2D eigenvalue weighted by Crippen LogP contribution is 2.17. The van der Waals surface area contributed by atoms with E-state index in [1.807, 2.05) is 11.9 Å². The second kappa shape index (κ2) is 5.74. The Morgan fingerprint density at radius 3 is 2.93 bits per heavy atom. The lowest BCUT2D eigenvalue weighted by atomic mass is 10.2. The molecule has 15 heavy (non-hydrogen) atoms. The largest absolute Gasteiger partial charge is 0.380 e. The first-order valence-electron chi connectivity index (χ1n) is 5.09. The molecule has 2 atom stereocenters. The fraction of sp³-hybridized carbons (Fsp3) is 0.727. The molecule has 0 aromatic rings. The molecule has 1 rings (SSSR count). The van der Waals surface area contributed by atoms with Crippen LogP contribution in [0.4, 0.5) is 0 Å². The first-order chi connectivity index (χ1) is 7.19. The molecule has 0 spiro atoms. The Bertz CT molecular complexity index is 280. The molecular formula is C11H18N2O2. The van der Waals surface area contributed by atoms with Crippen LogP contribution >= 0.6 is 0 Å². The molecule has 1 heterocycles. The van der Waals surface area contributed by atoms with Gasteiger partial charge in [-0.25, -0.2) is 0 Å². The maximum atomic E-state index is 11.7. The van der Waals surface area contributed by atoms with Crippen molar-refractivity contribution in [1.29, 1.82) is 0 Å². The molecule has 0 radical (unpaired) electrons. The zero-order chi connectivity index (χ0) is 11.3. The van der Waals surface area contributed by atoms with Crippen LogP contribution in [0.25, 0.3) is 0 Å². The molecule has 0 aliphatic carbocycles. The topological polar surface area (TPSA) is 41.6 Å². The number of hydrogen-bond acceptors (Lipinski definition) is 3. The summed E-state index contributed by atoms with van der Waals surface area (Å²) in [6.07, 6.45) is 0.932. The molecule has 1 N–H and O–H groups in total. The molecule has 0 aromatic carbocycles. The van der Waals surface area contributed by atoms with Gasteiger partial charge in [-0.05, 0) is 20.4 Å². The third kappa shape index (κ3) is 3.22. The number of likely N-dealkylation sites (tertiary alicyclic amines) is 1. The number of methoxy groups -OCH3 is 1. The molecule has 4 nitrogen and oxygen atoms in total. The van der Waals surface area contributed by atoms with Crippen LogP contribution in [-0.2, 0) is 9.53 Å². The predicted octanol–water partition coefficient (Wildman–Crippen LogP) is -0.155. The molecule has 4 heteroatoms. The van der Waals surface area contributed by atoms with Crippen molar-refractivity contribution in [2.24, 2.45) is 0 Å². The van der Waals surface area contributed by atoms with Crippen molar-refractivity contribution in [3.63, 3.8) is 0 Å². The lowest BCUT2D eigenvalue weighted by Crippen LogP contribution is -2.41. The quantitative estimate of drug-likeness (QED) is 0.658. The van der Waals surface area contributed by atoms with Gasteiger partial charge in [0.2, 0.25) is 5.91 Å². The van der Waals surface area contributed by atoms with Gasteiger partial charge in [0, 0.05) is 13.7 Å². The summed E-state index contributed by atoms with van der Waals surface area (Å²) >= 11 is 0. The molecule has 1 fully saturated rings. The van der Waals surface area contributed by atoms with Gasteiger partial charge >= 0.3 is 0 Å². The predicted molar refractivity (Wildman–Crippen MR) is 58.3 cm³/mol. The maximum absolute atomic E-state index is 11.7. The van der Waals surface area contributed by atoms with Gasteiger partial charge in [-0.15, -0.1) is 5.92 Å². The number of ether oxygens (including phenoxy) is 1. The van der Waals surface area contributed by atoms with Crippen LogP contribution < -0.4 is 5.32 Å². The van der Waals surface area contributed by atoms with Crippen molar-refractivity contribution >= 4 is 5.91 Å². The summed E-state index contributed by atoms with van der Waals surface area (Å²) in [7, 11) is 3.62. The van der Waals surface area contributed by atoms with E-state index >= 15 is 0 Å². The first-order valence-corrected chi connectivity index (χ1v) is 5.09. The second-order valence-corrected chi connectivity index (χ2v) is 3.69. The summed E-state index contributed by atoms with van der Waals surface area (Å²) in [5, 5.41) is 2.79. The average molecular weight is 210 g/mol. The molecule has 0 aromatic heterocycles. The van der Waals surface area contributed by atoms with Crippen molar-refractivity contribution in [2.45, 2.75) is 25.5 Å². The number of hydrogen-bond donors (Lipinski definition) is 1.